The van der Waals surface area contributed by atoms with Crippen LogP contribution in [0.1, 0.15) is 19.3 Å². The highest BCUT2D eigenvalue weighted by atomic mass is 16.2. The summed E-state index contributed by atoms with van der Waals surface area (Å²) in [6.45, 7) is 0.509. The van der Waals surface area contributed by atoms with Crippen molar-refractivity contribution in [2.24, 2.45) is 17.8 Å². The van der Waals surface area contributed by atoms with Crippen LogP contribution in [0, 0.1) is 17.8 Å². The fourth-order valence-electron chi connectivity index (χ4n) is 3.65. The molecular formula is C15H21N3O3. The molecule has 21 heavy (non-hydrogen) atoms. The van der Waals surface area contributed by atoms with Crippen molar-refractivity contribution in [2.75, 3.05) is 26.7 Å². The second-order valence-electron chi connectivity index (χ2n) is 6.30. The highest BCUT2D eigenvalue weighted by Crippen LogP contribution is 2.44. The number of imide groups is 1. The molecule has 114 valence electrons. The summed E-state index contributed by atoms with van der Waals surface area (Å²) in [5.74, 6) is 1.52. The lowest BCUT2D eigenvalue weighted by Gasteiger charge is -2.18. The van der Waals surface area contributed by atoms with Gasteiger partial charge in [-0.1, -0.05) is 12.2 Å². The van der Waals surface area contributed by atoms with Crippen LogP contribution in [-0.4, -0.2) is 54.3 Å². The normalized spacial score (nSPS) is 30.6. The number of nitrogens with one attached hydrogen (secondary N) is 1. The molecule has 0 aromatic rings. The molecule has 0 unspecified atom stereocenters. The van der Waals surface area contributed by atoms with Crippen molar-refractivity contribution in [2.45, 2.75) is 19.3 Å². The summed E-state index contributed by atoms with van der Waals surface area (Å²) in [6.07, 6.45) is 8.07. The Labute approximate surface area is 124 Å². The molecule has 6 nitrogen and oxygen atoms in total. The van der Waals surface area contributed by atoms with Gasteiger partial charge < -0.3 is 10.2 Å². The lowest BCUT2D eigenvalue weighted by atomic mass is 9.91. The Bertz CT molecular complexity index is 502. The van der Waals surface area contributed by atoms with Gasteiger partial charge in [-0.3, -0.25) is 14.5 Å². The molecule has 1 saturated carbocycles. The SMILES string of the molecule is CN1CC(=O)N(CC(=O)NCC[C@@H]2C[C@@H]3C=C[C@H]2C3)C1=O. The Hall–Kier alpha value is -1.85. The van der Waals surface area contributed by atoms with Crippen molar-refractivity contribution >= 4 is 17.8 Å². The van der Waals surface area contributed by atoms with Crippen LogP contribution in [0.4, 0.5) is 4.79 Å². The van der Waals surface area contributed by atoms with Crippen molar-refractivity contribution in [1.29, 1.82) is 0 Å². The van der Waals surface area contributed by atoms with Crippen LogP contribution < -0.4 is 5.32 Å². The first-order valence-electron chi connectivity index (χ1n) is 7.55. The number of rotatable bonds is 5. The van der Waals surface area contributed by atoms with Gasteiger partial charge in [0.15, 0.2) is 0 Å². The third-order valence-electron chi connectivity index (χ3n) is 4.79. The summed E-state index contributed by atoms with van der Waals surface area (Å²) in [7, 11) is 1.56. The van der Waals surface area contributed by atoms with Gasteiger partial charge in [0.2, 0.25) is 5.91 Å². The first-order valence-corrected chi connectivity index (χ1v) is 7.55. The summed E-state index contributed by atoms with van der Waals surface area (Å²) in [5.41, 5.74) is 0. The van der Waals surface area contributed by atoms with Gasteiger partial charge in [0.25, 0.3) is 5.91 Å². The second kappa shape index (κ2) is 5.50. The third-order valence-corrected chi connectivity index (χ3v) is 4.79. The molecule has 2 aliphatic carbocycles. The third kappa shape index (κ3) is 2.80. The number of allylic oxidation sites excluding steroid dienone is 2. The largest absolute Gasteiger partial charge is 0.355 e. The molecule has 3 aliphatic rings. The highest BCUT2D eigenvalue weighted by molar-refractivity contribution is 6.04. The topological polar surface area (TPSA) is 69.7 Å². The van der Waals surface area contributed by atoms with Crippen molar-refractivity contribution in [3.05, 3.63) is 12.2 Å². The lowest BCUT2D eigenvalue weighted by molar-refractivity contribution is -0.130. The fourth-order valence-corrected chi connectivity index (χ4v) is 3.65. The van der Waals surface area contributed by atoms with E-state index in [0.29, 0.717) is 18.4 Å². The molecule has 2 fully saturated rings. The second-order valence-corrected chi connectivity index (χ2v) is 6.30. The molecule has 3 atom stereocenters. The van der Waals surface area contributed by atoms with Gasteiger partial charge in [-0.05, 0) is 37.0 Å². The summed E-state index contributed by atoms with van der Waals surface area (Å²) in [5, 5.41) is 2.82. The van der Waals surface area contributed by atoms with Crippen LogP contribution in [0.5, 0.6) is 0 Å². The lowest BCUT2D eigenvalue weighted by Crippen LogP contribution is -2.41. The van der Waals surface area contributed by atoms with Gasteiger partial charge in [-0.25, -0.2) is 4.79 Å². The van der Waals surface area contributed by atoms with E-state index in [1.807, 2.05) is 0 Å². The van der Waals surface area contributed by atoms with Gasteiger partial charge in [0.05, 0.1) is 0 Å². The number of hydrogen-bond donors (Lipinski definition) is 1. The molecule has 2 bridgehead atoms. The monoisotopic (exact) mass is 291 g/mol. The molecule has 3 rings (SSSR count). The molecule has 0 radical (unpaired) electrons. The Kier molecular flexibility index (Phi) is 3.69. The van der Waals surface area contributed by atoms with Gasteiger partial charge in [0.1, 0.15) is 13.1 Å². The molecule has 0 aromatic heterocycles. The molecule has 4 amide bonds. The van der Waals surface area contributed by atoms with E-state index in [0.717, 1.165) is 17.2 Å². The molecule has 1 N–H and O–H groups in total. The molecule has 1 saturated heterocycles. The van der Waals surface area contributed by atoms with E-state index in [2.05, 4.69) is 17.5 Å². The van der Waals surface area contributed by atoms with Crippen LogP contribution in [-0.2, 0) is 9.59 Å². The Morgan fingerprint density at radius 2 is 2.14 bits per heavy atom. The van der Waals surface area contributed by atoms with Crippen LogP contribution in [0.3, 0.4) is 0 Å². The van der Waals surface area contributed by atoms with Crippen LogP contribution in [0.15, 0.2) is 12.2 Å². The summed E-state index contributed by atoms with van der Waals surface area (Å²) in [6, 6.07) is -0.395. The van der Waals surface area contributed by atoms with E-state index in [4.69, 9.17) is 0 Å². The fraction of sp³-hybridized carbons (Fsp3) is 0.667. The first-order chi connectivity index (χ1) is 10.0. The zero-order chi connectivity index (χ0) is 15.0. The van der Waals surface area contributed by atoms with Crippen molar-refractivity contribution in [3.63, 3.8) is 0 Å². The van der Waals surface area contributed by atoms with Gasteiger partial charge >= 0.3 is 6.03 Å². The van der Waals surface area contributed by atoms with E-state index in [-0.39, 0.29) is 24.9 Å². The van der Waals surface area contributed by atoms with E-state index in [1.165, 1.54) is 17.7 Å². The maximum Gasteiger partial charge on any atom is 0.327 e. The average Bonchev–Trinajstić information content (AvgIpc) is 3.11. The maximum atomic E-state index is 11.8. The Balaban J connectivity index is 1.40. The Morgan fingerprint density at radius 1 is 1.33 bits per heavy atom. The highest BCUT2D eigenvalue weighted by Gasteiger charge is 2.36. The number of carbonyl (C=O) groups is 3. The van der Waals surface area contributed by atoms with Crippen LogP contribution in [0.2, 0.25) is 0 Å². The quantitative estimate of drug-likeness (QED) is 0.595. The summed E-state index contributed by atoms with van der Waals surface area (Å²) >= 11 is 0. The maximum absolute atomic E-state index is 11.8. The number of carbonyl (C=O) groups excluding carboxylic acids is 3. The predicted octanol–water partition coefficient (Wildman–Crippen LogP) is 0.599. The molecule has 6 heteroatoms. The zero-order valence-corrected chi connectivity index (χ0v) is 12.2. The molecule has 1 aliphatic heterocycles. The van der Waals surface area contributed by atoms with E-state index in [1.54, 1.807) is 7.05 Å². The van der Waals surface area contributed by atoms with Gasteiger partial charge in [-0.2, -0.15) is 0 Å². The minimum atomic E-state index is -0.395. The van der Waals surface area contributed by atoms with E-state index < -0.39 is 6.03 Å². The van der Waals surface area contributed by atoms with Gasteiger partial charge in [-0.15, -0.1) is 0 Å². The standard InChI is InChI=1S/C15H21N3O3/c1-17-9-14(20)18(15(17)21)8-13(19)16-5-4-12-7-10-2-3-11(12)6-10/h2-3,10-12H,4-9H2,1H3,(H,16,19)/t10-,11+,12-/m1/s1. The zero-order valence-electron chi connectivity index (χ0n) is 12.2. The number of likely N-dealkylation sites (N-methyl/N-ethyl adjacent to an activating group) is 1. The summed E-state index contributed by atoms with van der Waals surface area (Å²) < 4.78 is 0. The van der Waals surface area contributed by atoms with E-state index >= 15 is 0 Å². The van der Waals surface area contributed by atoms with Gasteiger partial charge in [0, 0.05) is 13.6 Å². The minimum Gasteiger partial charge on any atom is -0.355 e. The molecular weight excluding hydrogens is 270 g/mol. The predicted molar refractivity (Wildman–Crippen MR) is 76.2 cm³/mol. The number of fused-ring (bicyclic) bond motifs is 2. The van der Waals surface area contributed by atoms with Crippen molar-refractivity contribution in [3.8, 4) is 0 Å². The number of nitrogens with zero attached hydrogens (tertiary/aromatic N) is 2. The molecule has 1 heterocycles. The van der Waals surface area contributed by atoms with Crippen LogP contribution in [0.25, 0.3) is 0 Å². The first kappa shape index (κ1) is 14.1. The molecule has 0 aromatic carbocycles. The van der Waals surface area contributed by atoms with Crippen molar-refractivity contribution < 1.29 is 14.4 Å². The molecule has 0 spiro atoms. The van der Waals surface area contributed by atoms with E-state index in [9.17, 15) is 14.4 Å². The Morgan fingerprint density at radius 3 is 2.71 bits per heavy atom. The minimum absolute atomic E-state index is 0.0591. The van der Waals surface area contributed by atoms with Crippen molar-refractivity contribution in [1.82, 2.24) is 15.1 Å². The number of hydrogen-bond acceptors (Lipinski definition) is 3. The average molecular weight is 291 g/mol. The van der Waals surface area contributed by atoms with Crippen LogP contribution >= 0.6 is 0 Å². The number of urea groups is 1. The number of amides is 4. The summed E-state index contributed by atoms with van der Waals surface area (Å²) in [4.78, 5) is 37.4. The smallest absolute Gasteiger partial charge is 0.327 e.